The van der Waals surface area contributed by atoms with Gasteiger partial charge in [0.1, 0.15) is 0 Å². The van der Waals surface area contributed by atoms with Gasteiger partial charge in [-0.25, -0.2) is 0 Å². The second-order valence-electron chi connectivity index (χ2n) is 8.22. The Balaban J connectivity index is 1.74. The monoisotopic (exact) mass is 421 g/mol. The highest BCUT2D eigenvalue weighted by Gasteiger charge is 2.21. The Kier molecular flexibility index (Phi) is 4.86. The second-order valence-corrected chi connectivity index (χ2v) is 8.22. The summed E-state index contributed by atoms with van der Waals surface area (Å²) in [5.74, 6) is 0. The fraction of sp³-hybridized carbons (Fsp3) is 0. The van der Waals surface area contributed by atoms with E-state index < -0.39 is 0 Å². The van der Waals surface area contributed by atoms with Crippen molar-refractivity contribution in [3.05, 3.63) is 140 Å². The van der Waals surface area contributed by atoms with E-state index in [4.69, 9.17) is 0 Å². The van der Waals surface area contributed by atoms with Crippen LogP contribution in [0.5, 0.6) is 0 Å². The predicted molar refractivity (Wildman–Crippen MR) is 142 cm³/mol. The molecule has 1 nitrogen and oxygen atoms in total. The van der Waals surface area contributed by atoms with Crippen molar-refractivity contribution in [1.82, 2.24) is 0 Å². The molecule has 0 saturated heterocycles. The van der Waals surface area contributed by atoms with E-state index in [1.807, 2.05) is 0 Å². The van der Waals surface area contributed by atoms with Crippen LogP contribution in [0.1, 0.15) is 0 Å². The molecule has 0 radical (unpaired) electrons. The van der Waals surface area contributed by atoms with E-state index in [1.165, 1.54) is 38.4 Å². The zero-order valence-electron chi connectivity index (χ0n) is 18.2. The van der Waals surface area contributed by atoms with Gasteiger partial charge < -0.3 is 4.90 Å². The summed E-state index contributed by atoms with van der Waals surface area (Å²) in [5, 5.41) is 4.96. The van der Waals surface area contributed by atoms with Crippen molar-refractivity contribution >= 4 is 38.6 Å². The van der Waals surface area contributed by atoms with Gasteiger partial charge in [0.2, 0.25) is 0 Å². The molecule has 0 fully saturated rings. The normalized spacial score (nSPS) is 11.0. The maximum Gasteiger partial charge on any atom is 0.0618 e. The van der Waals surface area contributed by atoms with Crippen molar-refractivity contribution in [3.8, 4) is 11.1 Å². The average Bonchev–Trinajstić information content (AvgIpc) is 2.90. The molecule has 0 bridgehead atoms. The zero-order valence-corrected chi connectivity index (χ0v) is 18.2. The molecule has 0 N–H and O–H groups in total. The third-order valence-corrected chi connectivity index (χ3v) is 6.21. The van der Waals surface area contributed by atoms with E-state index in [9.17, 15) is 0 Å². The Morgan fingerprint density at radius 3 is 1.61 bits per heavy atom. The number of rotatable bonds is 4. The molecule has 6 aromatic rings. The second kappa shape index (κ2) is 8.29. The van der Waals surface area contributed by atoms with Crippen molar-refractivity contribution in [2.75, 3.05) is 4.90 Å². The molecule has 0 aromatic heterocycles. The average molecular weight is 422 g/mol. The van der Waals surface area contributed by atoms with Crippen molar-refractivity contribution in [2.24, 2.45) is 0 Å². The quantitative estimate of drug-likeness (QED) is 0.256. The first-order chi connectivity index (χ1) is 16.4. The lowest BCUT2D eigenvalue weighted by Gasteiger charge is -2.30. The van der Waals surface area contributed by atoms with Gasteiger partial charge in [0.15, 0.2) is 0 Å². The fourth-order valence-corrected chi connectivity index (χ4v) is 4.73. The van der Waals surface area contributed by atoms with Crippen molar-refractivity contribution in [1.29, 1.82) is 0 Å². The van der Waals surface area contributed by atoms with Gasteiger partial charge in [0.25, 0.3) is 0 Å². The van der Waals surface area contributed by atoms with Gasteiger partial charge in [-0.05, 0) is 40.6 Å². The van der Waals surface area contributed by atoms with Crippen molar-refractivity contribution in [2.45, 2.75) is 0 Å². The van der Waals surface area contributed by atoms with Crippen LogP contribution in [-0.2, 0) is 0 Å². The summed E-state index contributed by atoms with van der Waals surface area (Å²) in [4.78, 5) is 2.42. The minimum absolute atomic E-state index is 1.14. The molecule has 0 unspecified atom stereocenters. The SMILES string of the molecule is c1ccc(-c2ccccc2N(c2ccccc2)c2c3ccccc3cc3ccccc23)cc1. The first-order valence-electron chi connectivity index (χ1n) is 11.3. The number of para-hydroxylation sites is 2. The summed E-state index contributed by atoms with van der Waals surface area (Å²) in [5.41, 5.74) is 5.93. The van der Waals surface area contributed by atoms with Gasteiger partial charge in [-0.3, -0.25) is 0 Å². The van der Waals surface area contributed by atoms with E-state index in [1.54, 1.807) is 0 Å². The molecular weight excluding hydrogens is 398 g/mol. The Morgan fingerprint density at radius 1 is 0.424 bits per heavy atom. The van der Waals surface area contributed by atoms with Crippen molar-refractivity contribution in [3.63, 3.8) is 0 Å². The number of benzene rings is 6. The number of hydrogen-bond donors (Lipinski definition) is 0. The lowest BCUT2D eigenvalue weighted by atomic mass is 9.97. The molecule has 33 heavy (non-hydrogen) atoms. The number of hydrogen-bond acceptors (Lipinski definition) is 1. The Hall–Kier alpha value is -4.36. The molecule has 6 aromatic carbocycles. The molecule has 0 aliphatic rings. The standard InChI is InChI=1S/C32H23N/c1-3-13-24(14-4-1)28-19-11-12-22-31(28)33(27-17-5-2-6-18-27)32-29-20-9-7-15-25(29)23-26-16-8-10-21-30(26)32/h1-23H. The maximum absolute atomic E-state index is 2.42. The largest absolute Gasteiger partial charge is 0.309 e. The van der Waals surface area contributed by atoms with E-state index >= 15 is 0 Å². The third-order valence-electron chi connectivity index (χ3n) is 6.21. The van der Waals surface area contributed by atoms with Crippen LogP contribution >= 0.6 is 0 Å². The minimum atomic E-state index is 1.14. The molecule has 0 aliphatic carbocycles. The summed E-state index contributed by atoms with van der Waals surface area (Å²) in [6.45, 7) is 0. The van der Waals surface area contributed by atoms with Crippen LogP contribution in [0.4, 0.5) is 17.1 Å². The molecule has 0 saturated carbocycles. The summed E-state index contributed by atoms with van der Waals surface area (Å²) in [6.07, 6.45) is 0. The number of nitrogens with zero attached hydrogens (tertiary/aromatic N) is 1. The Labute approximate surface area is 194 Å². The summed E-state index contributed by atoms with van der Waals surface area (Å²) < 4.78 is 0. The van der Waals surface area contributed by atoms with Crippen molar-refractivity contribution < 1.29 is 0 Å². The van der Waals surface area contributed by atoms with Gasteiger partial charge in [0, 0.05) is 22.0 Å². The van der Waals surface area contributed by atoms with E-state index in [0.717, 1.165) is 11.4 Å². The molecule has 6 rings (SSSR count). The third kappa shape index (κ3) is 3.44. The van der Waals surface area contributed by atoms with Crippen LogP contribution in [0, 0.1) is 0 Å². The van der Waals surface area contributed by atoms with Crippen LogP contribution in [0.25, 0.3) is 32.7 Å². The highest BCUT2D eigenvalue weighted by Crippen LogP contribution is 2.46. The topological polar surface area (TPSA) is 3.24 Å². The summed E-state index contributed by atoms with van der Waals surface area (Å²) in [7, 11) is 0. The molecule has 0 aliphatic heterocycles. The molecule has 0 atom stereocenters. The van der Waals surface area contributed by atoms with Crippen LogP contribution < -0.4 is 4.90 Å². The molecule has 0 amide bonds. The van der Waals surface area contributed by atoms with Crippen LogP contribution in [-0.4, -0.2) is 0 Å². The lowest BCUT2D eigenvalue weighted by Crippen LogP contribution is -2.12. The molecular formula is C32H23N. The van der Waals surface area contributed by atoms with Gasteiger partial charge in [-0.1, -0.05) is 115 Å². The first-order valence-corrected chi connectivity index (χ1v) is 11.3. The fourth-order valence-electron chi connectivity index (χ4n) is 4.73. The van der Waals surface area contributed by atoms with Gasteiger partial charge >= 0.3 is 0 Å². The number of fused-ring (bicyclic) bond motifs is 2. The Bertz CT molecular complexity index is 1500. The minimum Gasteiger partial charge on any atom is -0.309 e. The summed E-state index contributed by atoms with van der Waals surface area (Å²) >= 11 is 0. The highest BCUT2D eigenvalue weighted by molar-refractivity contribution is 6.14. The van der Waals surface area contributed by atoms with Gasteiger partial charge in [0.05, 0.1) is 11.4 Å². The number of anilines is 3. The zero-order chi connectivity index (χ0) is 22.0. The highest BCUT2D eigenvalue weighted by atomic mass is 15.1. The summed E-state index contributed by atoms with van der Waals surface area (Å²) in [6, 6.07) is 49.7. The van der Waals surface area contributed by atoms with E-state index in [0.29, 0.717) is 0 Å². The van der Waals surface area contributed by atoms with Gasteiger partial charge in [-0.2, -0.15) is 0 Å². The molecule has 0 heterocycles. The first kappa shape index (κ1) is 19.3. The molecule has 0 spiro atoms. The van der Waals surface area contributed by atoms with Crippen LogP contribution in [0.2, 0.25) is 0 Å². The molecule has 1 heteroatoms. The van der Waals surface area contributed by atoms with Crippen LogP contribution in [0.15, 0.2) is 140 Å². The predicted octanol–water partition coefficient (Wildman–Crippen LogP) is 9.13. The Morgan fingerprint density at radius 2 is 0.939 bits per heavy atom. The lowest BCUT2D eigenvalue weighted by molar-refractivity contribution is 1.31. The molecule has 156 valence electrons. The van der Waals surface area contributed by atoms with E-state index in [2.05, 4.69) is 144 Å². The smallest absolute Gasteiger partial charge is 0.0618 e. The van der Waals surface area contributed by atoms with Crippen LogP contribution in [0.3, 0.4) is 0 Å². The maximum atomic E-state index is 2.42. The van der Waals surface area contributed by atoms with E-state index in [-0.39, 0.29) is 0 Å². The van der Waals surface area contributed by atoms with Gasteiger partial charge in [-0.15, -0.1) is 0 Å².